The van der Waals surface area contributed by atoms with Gasteiger partial charge in [0.2, 0.25) is 0 Å². The molecule has 1 aromatic carbocycles. The molecule has 0 spiro atoms. The van der Waals surface area contributed by atoms with Crippen LogP contribution in [0, 0.1) is 0 Å². The van der Waals surface area contributed by atoms with Crippen LogP contribution in [0.25, 0.3) is 0 Å². The fourth-order valence-corrected chi connectivity index (χ4v) is 2.42. The Kier molecular flexibility index (Phi) is 6.11. The number of thioether (sulfide) groups is 1. The number of aliphatic carboxylic acids is 1. The highest BCUT2D eigenvalue weighted by Gasteiger charge is 2.01. The van der Waals surface area contributed by atoms with Crippen molar-refractivity contribution in [2.24, 2.45) is 0 Å². The van der Waals surface area contributed by atoms with Crippen molar-refractivity contribution in [3.63, 3.8) is 0 Å². The molecule has 0 fully saturated rings. The second kappa shape index (κ2) is 7.41. The molecule has 0 bridgehead atoms. The molecule has 16 heavy (non-hydrogen) atoms. The first-order valence-electron chi connectivity index (χ1n) is 5.14. The Bertz CT molecular complexity index is 349. The normalized spacial score (nSPS) is 10.0. The van der Waals surface area contributed by atoms with E-state index in [0.29, 0.717) is 0 Å². The van der Waals surface area contributed by atoms with Gasteiger partial charge in [-0.3, -0.25) is 4.79 Å². The van der Waals surface area contributed by atoms with E-state index in [2.05, 4.69) is 0 Å². The Hall–Kier alpha value is -0.870. The van der Waals surface area contributed by atoms with Crippen molar-refractivity contribution in [1.82, 2.24) is 0 Å². The van der Waals surface area contributed by atoms with Gasteiger partial charge in [-0.15, -0.1) is 11.8 Å². The fraction of sp³-hybridized carbons (Fsp3) is 0.333. The van der Waals surface area contributed by atoms with Crippen LogP contribution in [0.15, 0.2) is 30.3 Å². The predicted molar refractivity (Wildman–Crippen MR) is 72.1 cm³/mol. The summed E-state index contributed by atoms with van der Waals surface area (Å²) in [5.74, 6) is 0.164. The van der Waals surface area contributed by atoms with Crippen molar-refractivity contribution in [2.75, 3.05) is 5.75 Å². The lowest BCUT2D eigenvalue weighted by Gasteiger charge is -2.02. The topological polar surface area (TPSA) is 37.3 Å². The third kappa shape index (κ3) is 5.28. The molecule has 86 valence electrons. The first-order chi connectivity index (χ1) is 7.70. The number of hydrogen-bond donors (Lipinski definition) is 1. The van der Waals surface area contributed by atoms with Crippen molar-refractivity contribution in [2.45, 2.75) is 19.3 Å². The van der Waals surface area contributed by atoms with E-state index < -0.39 is 5.97 Å². The Balaban J connectivity index is 2.19. The van der Waals surface area contributed by atoms with Crippen LogP contribution in [0.2, 0.25) is 0 Å². The van der Waals surface area contributed by atoms with Gasteiger partial charge in [0.05, 0.1) is 4.20 Å². The van der Waals surface area contributed by atoms with E-state index in [9.17, 15) is 4.79 Å². The average molecular weight is 254 g/mol. The van der Waals surface area contributed by atoms with E-state index in [1.807, 2.05) is 30.3 Å². The maximum Gasteiger partial charge on any atom is 0.303 e. The molecule has 0 aromatic heterocycles. The van der Waals surface area contributed by atoms with Gasteiger partial charge in [-0.2, -0.15) is 0 Å². The van der Waals surface area contributed by atoms with Crippen molar-refractivity contribution >= 4 is 34.1 Å². The van der Waals surface area contributed by atoms with Gasteiger partial charge in [-0.05, 0) is 24.2 Å². The number of rotatable bonds is 6. The summed E-state index contributed by atoms with van der Waals surface area (Å²) in [6.07, 6.45) is 1.86. The first-order valence-corrected chi connectivity index (χ1v) is 6.53. The van der Waals surface area contributed by atoms with Crippen LogP contribution >= 0.6 is 24.0 Å². The summed E-state index contributed by atoms with van der Waals surface area (Å²) in [6.45, 7) is 0. The molecule has 0 heterocycles. The number of hydrogen-bond acceptors (Lipinski definition) is 3. The molecule has 0 aliphatic rings. The summed E-state index contributed by atoms with van der Waals surface area (Å²) in [4.78, 5) is 10.3. The Morgan fingerprint density at radius 1 is 1.25 bits per heavy atom. The van der Waals surface area contributed by atoms with Gasteiger partial charge >= 0.3 is 5.97 Å². The summed E-state index contributed by atoms with van der Waals surface area (Å²) in [5.41, 5.74) is 1.07. The zero-order chi connectivity index (χ0) is 11.8. The van der Waals surface area contributed by atoms with Gasteiger partial charge in [-0.1, -0.05) is 42.5 Å². The van der Waals surface area contributed by atoms with Crippen LogP contribution in [0.5, 0.6) is 0 Å². The number of carboxylic acid groups (broad SMARTS) is 1. The van der Waals surface area contributed by atoms with E-state index in [1.165, 1.54) is 0 Å². The number of benzene rings is 1. The third-order valence-electron chi connectivity index (χ3n) is 2.03. The fourth-order valence-electron chi connectivity index (χ4n) is 1.20. The van der Waals surface area contributed by atoms with Gasteiger partial charge in [0.1, 0.15) is 0 Å². The third-order valence-corrected chi connectivity index (χ3v) is 3.61. The van der Waals surface area contributed by atoms with Crippen molar-refractivity contribution in [1.29, 1.82) is 0 Å². The molecule has 0 aliphatic heterocycles. The van der Waals surface area contributed by atoms with Gasteiger partial charge in [0, 0.05) is 6.42 Å². The number of carboxylic acids is 1. The SMILES string of the molecule is O=C(O)CCCCSC(=S)c1ccccc1. The summed E-state index contributed by atoms with van der Waals surface area (Å²) < 4.78 is 0.885. The van der Waals surface area contributed by atoms with Gasteiger partial charge in [-0.25, -0.2) is 0 Å². The second-order valence-electron chi connectivity index (χ2n) is 3.35. The van der Waals surface area contributed by atoms with Gasteiger partial charge in [0.25, 0.3) is 0 Å². The zero-order valence-electron chi connectivity index (χ0n) is 8.89. The van der Waals surface area contributed by atoms with Crippen molar-refractivity contribution in [3.05, 3.63) is 35.9 Å². The second-order valence-corrected chi connectivity index (χ2v) is 5.12. The Labute approximate surface area is 105 Å². The molecule has 0 aliphatic carbocycles. The summed E-state index contributed by atoms with van der Waals surface area (Å²) in [6, 6.07) is 9.88. The molecule has 1 aromatic rings. The van der Waals surface area contributed by atoms with Crippen LogP contribution in [-0.2, 0) is 4.79 Å². The van der Waals surface area contributed by atoms with E-state index in [4.69, 9.17) is 17.3 Å². The molecule has 0 atom stereocenters. The lowest BCUT2D eigenvalue weighted by Crippen LogP contribution is -1.96. The molecule has 1 N–H and O–H groups in total. The predicted octanol–water partition coefficient (Wildman–Crippen LogP) is 3.35. The van der Waals surface area contributed by atoms with Crippen molar-refractivity contribution in [3.8, 4) is 0 Å². The number of unbranched alkanes of at least 4 members (excludes halogenated alkanes) is 1. The maximum atomic E-state index is 10.3. The van der Waals surface area contributed by atoms with E-state index in [0.717, 1.165) is 28.4 Å². The summed E-state index contributed by atoms with van der Waals surface area (Å²) in [7, 11) is 0. The minimum absolute atomic E-state index is 0.249. The maximum absolute atomic E-state index is 10.3. The summed E-state index contributed by atoms with van der Waals surface area (Å²) >= 11 is 6.89. The molecule has 0 saturated carbocycles. The number of thiocarbonyl (C=S) groups is 1. The molecule has 0 amide bonds. The first kappa shape index (κ1) is 13.2. The molecule has 2 nitrogen and oxygen atoms in total. The summed E-state index contributed by atoms with van der Waals surface area (Å²) in [5, 5.41) is 8.47. The van der Waals surface area contributed by atoms with Crippen LogP contribution < -0.4 is 0 Å². The smallest absolute Gasteiger partial charge is 0.303 e. The molecule has 0 radical (unpaired) electrons. The largest absolute Gasteiger partial charge is 0.481 e. The molecular weight excluding hydrogens is 240 g/mol. The monoisotopic (exact) mass is 254 g/mol. The highest BCUT2D eigenvalue weighted by Crippen LogP contribution is 2.15. The Morgan fingerprint density at radius 3 is 2.56 bits per heavy atom. The quantitative estimate of drug-likeness (QED) is 0.624. The van der Waals surface area contributed by atoms with E-state index in [1.54, 1.807) is 11.8 Å². The minimum atomic E-state index is -0.726. The van der Waals surface area contributed by atoms with Crippen LogP contribution in [0.1, 0.15) is 24.8 Å². The van der Waals surface area contributed by atoms with Crippen LogP contribution in [-0.4, -0.2) is 21.0 Å². The average Bonchev–Trinajstić information content (AvgIpc) is 2.29. The standard InChI is InChI=1S/C12H14O2S2/c13-11(14)8-4-5-9-16-12(15)10-6-2-1-3-7-10/h1-3,6-7H,4-5,8-9H2,(H,13,14). The van der Waals surface area contributed by atoms with Crippen LogP contribution in [0.4, 0.5) is 0 Å². The molecule has 4 heteroatoms. The molecule has 0 saturated heterocycles. The lowest BCUT2D eigenvalue weighted by molar-refractivity contribution is -0.137. The van der Waals surface area contributed by atoms with E-state index in [-0.39, 0.29) is 6.42 Å². The zero-order valence-corrected chi connectivity index (χ0v) is 10.5. The highest BCUT2D eigenvalue weighted by atomic mass is 32.2. The van der Waals surface area contributed by atoms with Gasteiger partial charge in [0.15, 0.2) is 0 Å². The molecular formula is C12H14O2S2. The molecule has 1 rings (SSSR count). The van der Waals surface area contributed by atoms with E-state index >= 15 is 0 Å². The van der Waals surface area contributed by atoms with Gasteiger partial charge < -0.3 is 5.11 Å². The highest BCUT2D eigenvalue weighted by molar-refractivity contribution is 8.23. The Morgan fingerprint density at radius 2 is 1.94 bits per heavy atom. The van der Waals surface area contributed by atoms with Crippen molar-refractivity contribution < 1.29 is 9.90 Å². The minimum Gasteiger partial charge on any atom is -0.481 e. The van der Waals surface area contributed by atoms with Crippen LogP contribution in [0.3, 0.4) is 0 Å². The number of carbonyl (C=O) groups is 1. The molecule has 0 unspecified atom stereocenters. The lowest BCUT2D eigenvalue weighted by atomic mass is 10.2.